The maximum absolute atomic E-state index is 13.1. The molecule has 0 spiro atoms. The first kappa shape index (κ1) is 22.7. The van der Waals surface area contributed by atoms with Gasteiger partial charge >= 0.3 is 0 Å². The van der Waals surface area contributed by atoms with Gasteiger partial charge in [0.1, 0.15) is 11.6 Å². The van der Waals surface area contributed by atoms with E-state index in [1.807, 2.05) is 12.1 Å². The maximum atomic E-state index is 13.1. The van der Waals surface area contributed by atoms with Crippen LogP contribution in [0.1, 0.15) is 40.5 Å². The van der Waals surface area contributed by atoms with E-state index >= 15 is 0 Å². The zero-order valence-electron chi connectivity index (χ0n) is 18.7. The van der Waals surface area contributed by atoms with E-state index in [-0.39, 0.29) is 16.1 Å². The minimum Gasteiger partial charge on any atom is -0.322 e. The van der Waals surface area contributed by atoms with Gasteiger partial charge in [0.05, 0.1) is 4.90 Å². The minimum atomic E-state index is -3.98. The fourth-order valence-electron chi connectivity index (χ4n) is 3.59. The molecule has 1 fully saturated rings. The molecule has 8 nitrogen and oxygen atoms in total. The predicted molar refractivity (Wildman–Crippen MR) is 130 cm³/mol. The van der Waals surface area contributed by atoms with Crippen molar-refractivity contribution in [2.45, 2.75) is 30.6 Å². The Bertz CT molecular complexity index is 1500. The second-order valence-corrected chi connectivity index (χ2v) is 10.1. The number of halogens is 1. The Morgan fingerprint density at radius 3 is 2.37 bits per heavy atom. The molecule has 0 saturated heterocycles. The van der Waals surface area contributed by atoms with E-state index < -0.39 is 21.7 Å². The van der Waals surface area contributed by atoms with Crippen molar-refractivity contribution in [1.29, 1.82) is 0 Å². The highest BCUT2D eigenvalue weighted by Crippen LogP contribution is 2.38. The second-order valence-electron chi connectivity index (χ2n) is 8.44. The summed E-state index contributed by atoms with van der Waals surface area (Å²) >= 11 is 0. The fourth-order valence-corrected chi connectivity index (χ4v) is 4.67. The number of rotatable bonds is 7. The first-order valence-electron chi connectivity index (χ1n) is 11.0. The summed E-state index contributed by atoms with van der Waals surface area (Å²) in [5.74, 6) is 1.06. The molecule has 5 rings (SSSR count). The maximum Gasteiger partial charge on any atom is 0.261 e. The normalized spacial score (nSPS) is 13.4. The Hall–Kier alpha value is -4.05. The van der Waals surface area contributed by atoms with Crippen molar-refractivity contribution in [1.82, 2.24) is 15.2 Å². The van der Waals surface area contributed by atoms with Gasteiger partial charge in [0.25, 0.3) is 15.9 Å². The van der Waals surface area contributed by atoms with Gasteiger partial charge < -0.3 is 5.32 Å². The lowest BCUT2D eigenvalue weighted by Gasteiger charge is -2.12. The Kier molecular flexibility index (Phi) is 5.81. The number of benzene rings is 3. The Labute approximate surface area is 201 Å². The zero-order chi connectivity index (χ0) is 24.6. The number of aromatic amines is 1. The molecule has 1 aliphatic carbocycles. The number of carbonyl (C=O) groups excluding carboxylic acids is 1. The van der Waals surface area contributed by atoms with Crippen molar-refractivity contribution in [3.05, 3.63) is 89.5 Å². The van der Waals surface area contributed by atoms with Gasteiger partial charge in [-0.15, -0.1) is 0 Å². The summed E-state index contributed by atoms with van der Waals surface area (Å²) < 4.78 is 41.1. The van der Waals surface area contributed by atoms with Crippen LogP contribution in [0.4, 0.5) is 15.8 Å². The van der Waals surface area contributed by atoms with Gasteiger partial charge in [-0.2, -0.15) is 5.10 Å². The Morgan fingerprint density at radius 1 is 1.00 bits per heavy atom. The number of H-pyrrole nitrogens is 1. The van der Waals surface area contributed by atoms with Crippen LogP contribution in [-0.2, 0) is 10.0 Å². The average molecular weight is 492 g/mol. The van der Waals surface area contributed by atoms with E-state index in [2.05, 4.69) is 25.2 Å². The summed E-state index contributed by atoms with van der Waals surface area (Å²) in [6.45, 7) is 1.72. The van der Waals surface area contributed by atoms with Crippen molar-refractivity contribution < 1.29 is 17.6 Å². The molecular weight excluding hydrogens is 469 g/mol. The van der Waals surface area contributed by atoms with Crippen molar-refractivity contribution in [2.75, 3.05) is 10.0 Å². The van der Waals surface area contributed by atoms with Gasteiger partial charge in [0.15, 0.2) is 5.82 Å². The van der Waals surface area contributed by atoms with Crippen LogP contribution in [-0.4, -0.2) is 29.5 Å². The van der Waals surface area contributed by atoms with Crippen molar-refractivity contribution in [3.63, 3.8) is 0 Å². The third kappa shape index (κ3) is 5.07. The van der Waals surface area contributed by atoms with Crippen LogP contribution in [0.5, 0.6) is 0 Å². The molecule has 178 valence electrons. The average Bonchev–Trinajstić information content (AvgIpc) is 3.57. The molecule has 1 amide bonds. The number of anilines is 2. The molecule has 1 heterocycles. The minimum absolute atomic E-state index is 0.0796. The third-order valence-electron chi connectivity index (χ3n) is 5.73. The monoisotopic (exact) mass is 491 g/mol. The quantitative estimate of drug-likeness (QED) is 0.342. The van der Waals surface area contributed by atoms with E-state index in [0.29, 0.717) is 23.0 Å². The molecule has 4 aromatic rings. The number of carbonyl (C=O) groups is 1. The number of aromatic nitrogens is 3. The summed E-state index contributed by atoms with van der Waals surface area (Å²) in [5, 5.41) is 10.0. The lowest BCUT2D eigenvalue weighted by atomic mass is 10.1. The number of sulfonamides is 1. The van der Waals surface area contributed by atoms with Gasteiger partial charge in [-0.1, -0.05) is 6.07 Å². The largest absolute Gasteiger partial charge is 0.322 e. The van der Waals surface area contributed by atoms with Crippen molar-refractivity contribution in [3.8, 4) is 11.4 Å². The predicted octanol–water partition coefficient (Wildman–Crippen LogP) is 4.85. The number of aryl methyl sites for hydroxylation is 1. The van der Waals surface area contributed by atoms with E-state index in [9.17, 15) is 17.6 Å². The molecule has 0 bridgehead atoms. The van der Waals surface area contributed by atoms with Gasteiger partial charge in [-0.25, -0.2) is 17.8 Å². The molecular formula is C25H22FN5O3S. The molecule has 0 aliphatic heterocycles. The van der Waals surface area contributed by atoms with Gasteiger partial charge in [-0.3, -0.25) is 14.6 Å². The number of hydrogen-bond acceptors (Lipinski definition) is 5. The highest BCUT2D eigenvalue weighted by atomic mass is 32.2. The molecule has 10 heteroatoms. The van der Waals surface area contributed by atoms with E-state index in [4.69, 9.17) is 0 Å². The van der Waals surface area contributed by atoms with Gasteiger partial charge in [-0.05, 0) is 86.0 Å². The molecule has 0 radical (unpaired) electrons. The molecule has 35 heavy (non-hydrogen) atoms. The summed E-state index contributed by atoms with van der Waals surface area (Å²) in [6, 6.07) is 16.4. The Balaban J connectivity index is 1.31. The summed E-state index contributed by atoms with van der Waals surface area (Å²) in [7, 11) is -3.98. The van der Waals surface area contributed by atoms with Crippen molar-refractivity contribution in [2.24, 2.45) is 0 Å². The number of nitrogens with one attached hydrogen (secondary N) is 3. The Morgan fingerprint density at radius 2 is 1.69 bits per heavy atom. The first-order chi connectivity index (χ1) is 16.8. The summed E-state index contributed by atoms with van der Waals surface area (Å²) in [6.07, 6.45) is 2.26. The van der Waals surface area contributed by atoms with Crippen LogP contribution >= 0.6 is 0 Å². The number of amides is 1. The topological polar surface area (TPSA) is 117 Å². The van der Waals surface area contributed by atoms with Gasteiger partial charge in [0.2, 0.25) is 0 Å². The molecule has 3 N–H and O–H groups in total. The summed E-state index contributed by atoms with van der Waals surface area (Å²) in [5.41, 5.74) is 2.43. The molecule has 0 unspecified atom stereocenters. The number of nitrogens with zero attached hydrogens (tertiary/aromatic N) is 2. The SMILES string of the molecule is Cc1ccc(S(=O)(=O)Nc2ccc(F)cc2)cc1C(=O)Nc1ccc(-c2n[nH]c(C3CC3)n2)cc1. The zero-order valence-corrected chi connectivity index (χ0v) is 19.6. The van der Waals surface area contributed by atoms with E-state index in [0.717, 1.165) is 36.4 Å². The van der Waals surface area contributed by atoms with E-state index in [1.165, 1.54) is 24.3 Å². The smallest absolute Gasteiger partial charge is 0.261 e. The first-order valence-corrected chi connectivity index (χ1v) is 12.5. The highest BCUT2D eigenvalue weighted by Gasteiger charge is 2.27. The fraction of sp³-hybridized carbons (Fsp3) is 0.160. The second kappa shape index (κ2) is 8.95. The van der Waals surface area contributed by atoms with Crippen LogP contribution in [0, 0.1) is 12.7 Å². The molecule has 1 aromatic heterocycles. The molecule has 0 atom stereocenters. The lowest BCUT2D eigenvalue weighted by molar-refractivity contribution is 0.102. The van der Waals surface area contributed by atoms with Crippen LogP contribution in [0.25, 0.3) is 11.4 Å². The summed E-state index contributed by atoms with van der Waals surface area (Å²) in [4.78, 5) is 17.4. The van der Waals surface area contributed by atoms with Gasteiger partial charge in [0, 0.05) is 28.4 Å². The highest BCUT2D eigenvalue weighted by molar-refractivity contribution is 7.92. The molecule has 1 aliphatic rings. The van der Waals surface area contributed by atoms with Crippen LogP contribution in [0.2, 0.25) is 0 Å². The standard InChI is InChI=1S/C25H22FN5O3S/c1-15-2-13-21(35(33,34)31-20-11-7-18(26)8-12-20)14-22(15)25(32)27-19-9-5-17(6-10-19)24-28-23(29-30-24)16-3-4-16/h2,5-14,16,31H,3-4H2,1H3,(H,27,32)(H,28,29,30). The molecule has 3 aromatic carbocycles. The lowest BCUT2D eigenvalue weighted by Crippen LogP contribution is -2.17. The van der Waals surface area contributed by atoms with E-state index in [1.54, 1.807) is 25.1 Å². The van der Waals surface area contributed by atoms with Crippen LogP contribution in [0.3, 0.4) is 0 Å². The number of hydrogen-bond donors (Lipinski definition) is 3. The van der Waals surface area contributed by atoms with Crippen molar-refractivity contribution >= 4 is 27.3 Å². The third-order valence-corrected chi connectivity index (χ3v) is 7.11. The van der Waals surface area contributed by atoms with Crippen LogP contribution < -0.4 is 10.0 Å². The van der Waals surface area contributed by atoms with Crippen LogP contribution in [0.15, 0.2) is 71.6 Å². The molecule has 1 saturated carbocycles.